The Bertz CT molecular complexity index is 1110. The summed E-state index contributed by atoms with van der Waals surface area (Å²) in [5, 5.41) is 10.8. The van der Waals surface area contributed by atoms with Crippen LogP contribution in [0, 0.1) is 10.1 Å². The number of hydrogen-bond acceptors (Lipinski definition) is 5. The van der Waals surface area contributed by atoms with Crippen molar-refractivity contribution in [3.8, 4) is 0 Å². The molecule has 0 amide bonds. The second-order valence-corrected chi connectivity index (χ2v) is 6.71. The van der Waals surface area contributed by atoms with Crippen LogP contribution in [0.5, 0.6) is 0 Å². The van der Waals surface area contributed by atoms with Gasteiger partial charge in [0.05, 0.1) is 17.8 Å². The average molecular weight is 385 g/mol. The van der Waals surface area contributed by atoms with Crippen LogP contribution in [0.2, 0.25) is 0 Å². The number of fused-ring (bicyclic) bond motifs is 1. The lowest BCUT2D eigenvalue weighted by Crippen LogP contribution is -2.41. The van der Waals surface area contributed by atoms with Crippen LogP contribution in [0.1, 0.15) is 38.7 Å². The molecule has 0 bridgehead atoms. The second kappa shape index (κ2) is 8.20. The quantitative estimate of drug-likeness (QED) is 0.438. The highest BCUT2D eigenvalue weighted by molar-refractivity contribution is 5.70. The molecular weight excluding hydrogens is 362 g/mol. The molecule has 3 rings (SSSR count). The molecule has 148 valence electrons. The van der Waals surface area contributed by atoms with E-state index < -0.39 is 10.6 Å². The van der Waals surface area contributed by atoms with E-state index in [1.807, 2.05) is 6.92 Å². The number of imidazole rings is 1. The monoisotopic (exact) mass is 385 g/mol. The smallest absolute Gasteiger partial charge is 0.325 e. The highest BCUT2D eigenvalue weighted by atomic mass is 16.6. The summed E-state index contributed by atoms with van der Waals surface area (Å²) < 4.78 is 4.52. The van der Waals surface area contributed by atoms with E-state index >= 15 is 0 Å². The van der Waals surface area contributed by atoms with Crippen LogP contribution >= 0.6 is 0 Å². The molecule has 0 saturated carbocycles. The van der Waals surface area contributed by atoms with Gasteiger partial charge in [-0.05, 0) is 18.4 Å². The van der Waals surface area contributed by atoms with Gasteiger partial charge < -0.3 is 4.57 Å². The fourth-order valence-electron chi connectivity index (χ4n) is 3.21. The predicted octanol–water partition coefficient (Wildman–Crippen LogP) is 2.53. The van der Waals surface area contributed by atoms with E-state index in [1.54, 1.807) is 23.0 Å². The lowest BCUT2D eigenvalue weighted by atomic mass is 10.2. The molecule has 0 aliphatic heterocycles. The standard InChI is InChI=1S/C19H23N5O4/c1-3-5-11-21-13-20-17-16(21)18(25)23(19(26)22(17)10-4-2)12-14-6-8-15(9-7-14)24(27)28/h6-9,13H,3-5,10-12H2,1-2H3. The summed E-state index contributed by atoms with van der Waals surface area (Å²) in [4.78, 5) is 40.7. The van der Waals surface area contributed by atoms with Gasteiger partial charge in [-0.2, -0.15) is 0 Å². The van der Waals surface area contributed by atoms with Gasteiger partial charge in [-0.15, -0.1) is 0 Å². The van der Waals surface area contributed by atoms with Gasteiger partial charge in [-0.1, -0.05) is 32.4 Å². The molecule has 0 N–H and O–H groups in total. The fourth-order valence-corrected chi connectivity index (χ4v) is 3.21. The number of hydrogen-bond donors (Lipinski definition) is 0. The average Bonchev–Trinajstić information content (AvgIpc) is 3.11. The number of nitrogens with zero attached hydrogens (tertiary/aromatic N) is 5. The van der Waals surface area contributed by atoms with Crippen molar-refractivity contribution in [1.82, 2.24) is 18.7 Å². The first kappa shape index (κ1) is 19.5. The van der Waals surface area contributed by atoms with Crippen molar-refractivity contribution in [1.29, 1.82) is 0 Å². The Labute approximate surface area is 161 Å². The highest BCUT2D eigenvalue weighted by Gasteiger charge is 2.18. The van der Waals surface area contributed by atoms with Crippen molar-refractivity contribution in [2.24, 2.45) is 0 Å². The van der Waals surface area contributed by atoms with E-state index in [4.69, 9.17) is 0 Å². The lowest BCUT2D eigenvalue weighted by molar-refractivity contribution is -0.384. The summed E-state index contributed by atoms with van der Waals surface area (Å²) in [6.07, 6.45) is 4.22. The molecule has 0 atom stereocenters. The minimum absolute atomic E-state index is 0.0346. The molecule has 0 unspecified atom stereocenters. The van der Waals surface area contributed by atoms with Gasteiger partial charge >= 0.3 is 5.69 Å². The SMILES string of the molecule is CCCCn1cnc2c1c(=O)n(Cc1ccc([N+](=O)[O-])cc1)c(=O)n2CCC. The lowest BCUT2D eigenvalue weighted by Gasteiger charge is -2.12. The maximum absolute atomic E-state index is 13.1. The number of non-ortho nitro benzene ring substituents is 1. The molecular formula is C19H23N5O4. The maximum Gasteiger partial charge on any atom is 0.333 e. The Balaban J connectivity index is 2.13. The summed E-state index contributed by atoms with van der Waals surface area (Å²) in [5.41, 5.74) is 0.633. The second-order valence-electron chi connectivity index (χ2n) is 6.71. The number of nitro groups is 1. The van der Waals surface area contributed by atoms with Crippen LogP contribution in [0.4, 0.5) is 5.69 Å². The van der Waals surface area contributed by atoms with Gasteiger partial charge in [-0.3, -0.25) is 24.0 Å². The summed E-state index contributed by atoms with van der Waals surface area (Å²) in [7, 11) is 0. The van der Waals surface area contributed by atoms with Gasteiger partial charge in [-0.25, -0.2) is 9.78 Å². The van der Waals surface area contributed by atoms with Crippen molar-refractivity contribution in [3.05, 3.63) is 67.1 Å². The third-order valence-electron chi connectivity index (χ3n) is 4.67. The first-order chi connectivity index (χ1) is 13.5. The van der Waals surface area contributed by atoms with Gasteiger partial charge in [0.15, 0.2) is 11.2 Å². The molecule has 9 nitrogen and oxygen atoms in total. The van der Waals surface area contributed by atoms with E-state index in [1.165, 1.54) is 21.3 Å². The minimum Gasteiger partial charge on any atom is -0.325 e. The van der Waals surface area contributed by atoms with Gasteiger partial charge in [0, 0.05) is 25.2 Å². The summed E-state index contributed by atoms with van der Waals surface area (Å²) in [6, 6.07) is 5.86. The van der Waals surface area contributed by atoms with Crippen molar-refractivity contribution in [3.63, 3.8) is 0 Å². The normalized spacial score (nSPS) is 11.2. The molecule has 0 fully saturated rings. The Morgan fingerprint density at radius 3 is 2.36 bits per heavy atom. The minimum atomic E-state index is -0.484. The number of rotatable bonds is 8. The molecule has 0 saturated heterocycles. The molecule has 2 aromatic heterocycles. The van der Waals surface area contributed by atoms with Gasteiger partial charge in [0.2, 0.25) is 0 Å². The Morgan fingerprint density at radius 2 is 1.75 bits per heavy atom. The number of unbranched alkanes of at least 4 members (excludes halogenated alkanes) is 1. The molecule has 2 heterocycles. The number of aromatic nitrogens is 4. The van der Waals surface area contributed by atoms with Gasteiger partial charge in [0.25, 0.3) is 11.2 Å². The van der Waals surface area contributed by atoms with Crippen molar-refractivity contribution < 1.29 is 4.92 Å². The topological polar surface area (TPSA) is 105 Å². The molecule has 0 aliphatic carbocycles. The zero-order chi connectivity index (χ0) is 20.3. The molecule has 0 aliphatic rings. The fraction of sp³-hybridized carbons (Fsp3) is 0.421. The molecule has 9 heteroatoms. The Morgan fingerprint density at radius 1 is 1.04 bits per heavy atom. The van der Waals surface area contributed by atoms with E-state index in [2.05, 4.69) is 11.9 Å². The molecule has 3 aromatic rings. The van der Waals surface area contributed by atoms with Gasteiger partial charge in [0.1, 0.15) is 0 Å². The first-order valence-corrected chi connectivity index (χ1v) is 9.39. The molecule has 0 spiro atoms. The zero-order valence-corrected chi connectivity index (χ0v) is 16.0. The number of benzene rings is 1. The summed E-state index contributed by atoms with van der Waals surface area (Å²) >= 11 is 0. The summed E-state index contributed by atoms with van der Waals surface area (Å²) in [5.74, 6) is 0. The van der Waals surface area contributed by atoms with Crippen molar-refractivity contribution in [2.75, 3.05) is 0 Å². The third-order valence-corrected chi connectivity index (χ3v) is 4.67. The molecule has 1 aromatic carbocycles. The van der Waals surface area contributed by atoms with Crippen molar-refractivity contribution >= 4 is 16.9 Å². The largest absolute Gasteiger partial charge is 0.333 e. The Kier molecular flexibility index (Phi) is 5.72. The van der Waals surface area contributed by atoms with E-state index in [9.17, 15) is 19.7 Å². The van der Waals surface area contributed by atoms with Crippen LogP contribution in [-0.4, -0.2) is 23.6 Å². The predicted molar refractivity (Wildman–Crippen MR) is 106 cm³/mol. The van der Waals surface area contributed by atoms with Crippen LogP contribution in [0.3, 0.4) is 0 Å². The number of aryl methyl sites for hydroxylation is 2. The molecule has 0 radical (unpaired) electrons. The van der Waals surface area contributed by atoms with Crippen LogP contribution < -0.4 is 11.2 Å². The van der Waals surface area contributed by atoms with E-state index in [-0.39, 0.29) is 17.8 Å². The first-order valence-electron chi connectivity index (χ1n) is 9.39. The maximum atomic E-state index is 13.1. The van der Waals surface area contributed by atoms with Crippen molar-refractivity contribution in [2.45, 2.75) is 52.7 Å². The molecule has 28 heavy (non-hydrogen) atoms. The third kappa shape index (κ3) is 3.60. The Hall–Kier alpha value is -3.23. The van der Waals surface area contributed by atoms with Crippen LogP contribution in [0.25, 0.3) is 11.2 Å². The number of nitro benzene ring substituents is 1. The highest BCUT2D eigenvalue weighted by Crippen LogP contribution is 2.13. The van der Waals surface area contributed by atoms with Crippen LogP contribution in [0.15, 0.2) is 40.2 Å². The van der Waals surface area contributed by atoms with E-state index in [0.29, 0.717) is 29.8 Å². The summed E-state index contributed by atoms with van der Waals surface area (Å²) in [6.45, 7) is 5.19. The van der Waals surface area contributed by atoms with E-state index in [0.717, 1.165) is 19.3 Å². The zero-order valence-electron chi connectivity index (χ0n) is 16.0. The van der Waals surface area contributed by atoms with Crippen LogP contribution in [-0.2, 0) is 19.6 Å².